The second-order valence-electron chi connectivity index (χ2n) is 6.38. The first-order valence-corrected chi connectivity index (χ1v) is 8.93. The van der Waals surface area contributed by atoms with Crippen molar-refractivity contribution < 1.29 is 14.3 Å². The number of benzene rings is 1. The predicted octanol–water partition coefficient (Wildman–Crippen LogP) is 3.24. The van der Waals surface area contributed by atoms with Crippen LogP contribution in [0.15, 0.2) is 48.8 Å². The minimum absolute atomic E-state index is 0.202. The molecule has 0 saturated heterocycles. The van der Waals surface area contributed by atoms with Gasteiger partial charge in [0.1, 0.15) is 0 Å². The molecule has 0 spiro atoms. The van der Waals surface area contributed by atoms with Gasteiger partial charge in [-0.2, -0.15) is 5.10 Å². The van der Waals surface area contributed by atoms with Gasteiger partial charge in [-0.05, 0) is 62.2 Å². The van der Waals surface area contributed by atoms with Crippen molar-refractivity contribution in [2.24, 2.45) is 0 Å². The van der Waals surface area contributed by atoms with Crippen LogP contribution < -0.4 is 5.32 Å². The molecule has 3 rings (SSSR count). The SMILES string of the molecule is COC(=O)CCc1c(C)nn(-c2ccc(C(=O)Nc3cccnc3)cc2)c1C. The molecule has 0 unspecified atom stereocenters. The number of aromatic nitrogens is 3. The van der Waals surface area contributed by atoms with Crippen LogP contribution in [0, 0.1) is 13.8 Å². The third-order valence-corrected chi connectivity index (χ3v) is 4.54. The number of nitrogens with zero attached hydrogens (tertiary/aromatic N) is 3. The molecule has 0 aliphatic rings. The van der Waals surface area contributed by atoms with Gasteiger partial charge >= 0.3 is 5.97 Å². The fourth-order valence-electron chi connectivity index (χ4n) is 3.01. The number of ether oxygens (including phenoxy) is 1. The number of anilines is 1. The smallest absolute Gasteiger partial charge is 0.305 e. The highest BCUT2D eigenvalue weighted by atomic mass is 16.5. The van der Waals surface area contributed by atoms with E-state index in [1.54, 1.807) is 36.7 Å². The molecule has 1 N–H and O–H groups in total. The number of esters is 1. The van der Waals surface area contributed by atoms with Gasteiger partial charge < -0.3 is 10.1 Å². The van der Waals surface area contributed by atoms with E-state index in [4.69, 9.17) is 4.74 Å². The summed E-state index contributed by atoms with van der Waals surface area (Å²) in [6.45, 7) is 3.89. The van der Waals surface area contributed by atoms with Crippen molar-refractivity contribution in [3.63, 3.8) is 0 Å². The molecule has 0 saturated carbocycles. The maximum Gasteiger partial charge on any atom is 0.305 e. The fourth-order valence-corrected chi connectivity index (χ4v) is 3.01. The monoisotopic (exact) mass is 378 g/mol. The standard InChI is InChI=1S/C21H22N4O3/c1-14-19(10-11-20(26)28-3)15(2)25(24-14)18-8-6-16(7-9-18)21(27)23-17-5-4-12-22-13-17/h4-9,12-13H,10-11H2,1-3H3,(H,23,27). The van der Waals surface area contributed by atoms with E-state index in [2.05, 4.69) is 15.4 Å². The Morgan fingerprint density at radius 2 is 1.89 bits per heavy atom. The van der Waals surface area contributed by atoms with Crippen LogP contribution in [0.5, 0.6) is 0 Å². The summed E-state index contributed by atoms with van der Waals surface area (Å²) in [5.41, 5.74) is 4.91. The third kappa shape index (κ3) is 4.25. The molecular formula is C21H22N4O3. The van der Waals surface area contributed by atoms with Gasteiger partial charge in [0.25, 0.3) is 5.91 Å². The summed E-state index contributed by atoms with van der Waals surface area (Å²) in [6.07, 6.45) is 4.14. The molecule has 2 aromatic heterocycles. The van der Waals surface area contributed by atoms with E-state index in [0.717, 1.165) is 22.6 Å². The van der Waals surface area contributed by atoms with E-state index in [0.29, 0.717) is 24.1 Å². The summed E-state index contributed by atoms with van der Waals surface area (Å²) in [6, 6.07) is 10.8. The Bertz CT molecular complexity index is 979. The Morgan fingerprint density at radius 3 is 2.54 bits per heavy atom. The number of hydrogen-bond donors (Lipinski definition) is 1. The first kappa shape index (κ1) is 19.3. The zero-order chi connectivity index (χ0) is 20.1. The van der Waals surface area contributed by atoms with Crippen molar-refractivity contribution >= 4 is 17.6 Å². The van der Waals surface area contributed by atoms with Gasteiger partial charge in [0.05, 0.1) is 30.4 Å². The molecule has 0 atom stereocenters. The number of hydrogen-bond acceptors (Lipinski definition) is 5. The first-order chi connectivity index (χ1) is 13.5. The Morgan fingerprint density at radius 1 is 1.14 bits per heavy atom. The molecule has 7 heteroatoms. The lowest BCUT2D eigenvalue weighted by Crippen LogP contribution is -2.12. The molecule has 144 valence electrons. The number of carbonyl (C=O) groups is 2. The second-order valence-corrected chi connectivity index (χ2v) is 6.38. The minimum atomic E-state index is -0.240. The molecule has 0 aliphatic heterocycles. The number of methoxy groups -OCH3 is 1. The Balaban J connectivity index is 1.76. The van der Waals surface area contributed by atoms with Crippen LogP contribution in [0.3, 0.4) is 0 Å². The van der Waals surface area contributed by atoms with Crippen molar-refractivity contribution in [1.82, 2.24) is 14.8 Å². The zero-order valence-electron chi connectivity index (χ0n) is 16.1. The zero-order valence-corrected chi connectivity index (χ0v) is 16.1. The van der Waals surface area contributed by atoms with Crippen LogP contribution in [0.25, 0.3) is 5.69 Å². The van der Waals surface area contributed by atoms with Gasteiger partial charge in [0, 0.05) is 23.9 Å². The number of aryl methyl sites for hydroxylation is 1. The average molecular weight is 378 g/mol. The summed E-state index contributed by atoms with van der Waals surface area (Å²) in [4.78, 5) is 27.8. The molecule has 7 nitrogen and oxygen atoms in total. The van der Waals surface area contributed by atoms with Gasteiger partial charge in [-0.1, -0.05) is 0 Å². The van der Waals surface area contributed by atoms with E-state index < -0.39 is 0 Å². The topological polar surface area (TPSA) is 86.1 Å². The summed E-state index contributed by atoms with van der Waals surface area (Å²) in [7, 11) is 1.39. The highest BCUT2D eigenvalue weighted by molar-refractivity contribution is 6.04. The number of pyridine rings is 1. The highest BCUT2D eigenvalue weighted by Gasteiger charge is 2.15. The number of amides is 1. The molecule has 0 radical (unpaired) electrons. The first-order valence-electron chi connectivity index (χ1n) is 8.93. The van der Waals surface area contributed by atoms with E-state index in [-0.39, 0.29) is 11.9 Å². The number of rotatable bonds is 6. The van der Waals surface area contributed by atoms with Crippen molar-refractivity contribution in [2.45, 2.75) is 26.7 Å². The highest BCUT2D eigenvalue weighted by Crippen LogP contribution is 2.20. The average Bonchev–Trinajstić information content (AvgIpc) is 3.00. The molecule has 0 fully saturated rings. The van der Waals surface area contributed by atoms with E-state index in [9.17, 15) is 9.59 Å². The number of nitrogens with one attached hydrogen (secondary N) is 1. The van der Waals surface area contributed by atoms with Crippen LogP contribution in [-0.2, 0) is 16.0 Å². The fraction of sp³-hybridized carbons (Fsp3) is 0.238. The van der Waals surface area contributed by atoms with Gasteiger partial charge in [-0.15, -0.1) is 0 Å². The Labute approximate surface area is 163 Å². The minimum Gasteiger partial charge on any atom is -0.469 e. The van der Waals surface area contributed by atoms with Crippen LogP contribution in [0.1, 0.15) is 33.7 Å². The number of carbonyl (C=O) groups excluding carboxylic acids is 2. The molecule has 1 amide bonds. The quantitative estimate of drug-likeness (QED) is 0.666. The lowest BCUT2D eigenvalue weighted by Gasteiger charge is -2.08. The van der Waals surface area contributed by atoms with Crippen LogP contribution in [-0.4, -0.2) is 33.8 Å². The second kappa shape index (κ2) is 8.47. The lowest BCUT2D eigenvalue weighted by atomic mass is 10.1. The predicted molar refractivity (Wildman–Crippen MR) is 106 cm³/mol. The lowest BCUT2D eigenvalue weighted by molar-refractivity contribution is -0.140. The molecule has 2 heterocycles. The maximum absolute atomic E-state index is 12.4. The molecule has 0 bridgehead atoms. The Kier molecular flexibility index (Phi) is 5.84. The third-order valence-electron chi connectivity index (χ3n) is 4.54. The summed E-state index contributed by atoms with van der Waals surface area (Å²) >= 11 is 0. The van der Waals surface area contributed by atoms with Gasteiger partial charge in [-0.25, -0.2) is 4.68 Å². The van der Waals surface area contributed by atoms with Crippen molar-refractivity contribution in [3.05, 3.63) is 71.3 Å². The molecular weight excluding hydrogens is 356 g/mol. The van der Waals surface area contributed by atoms with Crippen molar-refractivity contribution in [3.8, 4) is 5.69 Å². The van der Waals surface area contributed by atoms with Gasteiger partial charge in [0.2, 0.25) is 0 Å². The van der Waals surface area contributed by atoms with Crippen LogP contribution in [0.4, 0.5) is 5.69 Å². The normalized spacial score (nSPS) is 10.5. The molecule has 1 aromatic carbocycles. The summed E-state index contributed by atoms with van der Waals surface area (Å²) in [5.74, 6) is -0.442. The van der Waals surface area contributed by atoms with Crippen molar-refractivity contribution in [2.75, 3.05) is 12.4 Å². The van der Waals surface area contributed by atoms with Gasteiger partial charge in [0.15, 0.2) is 0 Å². The van der Waals surface area contributed by atoms with Crippen LogP contribution >= 0.6 is 0 Å². The van der Waals surface area contributed by atoms with E-state index in [1.807, 2.05) is 30.7 Å². The summed E-state index contributed by atoms with van der Waals surface area (Å²) in [5, 5.41) is 7.39. The molecule has 0 aliphatic carbocycles. The largest absolute Gasteiger partial charge is 0.469 e. The molecule has 3 aromatic rings. The van der Waals surface area contributed by atoms with E-state index in [1.165, 1.54) is 7.11 Å². The van der Waals surface area contributed by atoms with Crippen molar-refractivity contribution in [1.29, 1.82) is 0 Å². The Hall–Kier alpha value is -3.48. The maximum atomic E-state index is 12.4. The summed E-state index contributed by atoms with van der Waals surface area (Å²) < 4.78 is 6.54. The van der Waals surface area contributed by atoms with Gasteiger partial charge in [-0.3, -0.25) is 14.6 Å². The molecule has 28 heavy (non-hydrogen) atoms. The van der Waals surface area contributed by atoms with Crippen LogP contribution in [0.2, 0.25) is 0 Å². The van der Waals surface area contributed by atoms with E-state index >= 15 is 0 Å².